The second kappa shape index (κ2) is 6.50. The predicted molar refractivity (Wildman–Crippen MR) is 89.7 cm³/mol. The molecule has 0 nitrogen and oxygen atoms in total. The maximum absolute atomic E-state index is 2.28. The molecule has 3 rings (SSSR count). The van der Waals surface area contributed by atoms with Crippen molar-refractivity contribution in [1.29, 1.82) is 0 Å². The van der Waals surface area contributed by atoms with Crippen molar-refractivity contribution < 1.29 is 0 Å². The third-order valence-corrected chi connectivity index (χ3v) is 9.21. The Bertz CT molecular complexity index is 597. The number of rotatable bonds is 4. The average Bonchev–Trinajstić information content (AvgIpc) is 2.55. The van der Waals surface area contributed by atoms with Crippen LogP contribution in [0.4, 0.5) is 0 Å². The van der Waals surface area contributed by atoms with Gasteiger partial charge in [0, 0.05) is 0 Å². The summed E-state index contributed by atoms with van der Waals surface area (Å²) in [7, 11) is 0.128. The molecule has 3 aromatic rings. The minimum Gasteiger partial charge on any atom is -0.0666 e. The Morgan fingerprint density at radius 3 is 1.35 bits per heavy atom. The van der Waals surface area contributed by atoms with Crippen molar-refractivity contribution in [2.24, 2.45) is 0 Å². The van der Waals surface area contributed by atoms with Crippen molar-refractivity contribution >= 4 is 32.9 Å². The van der Waals surface area contributed by atoms with Crippen molar-refractivity contribution in [2.45, 2.75) is 0 Å². The lowest BCUT2D eigenvalue weighted by Gasteiger charge is -2.15. The highest BCUT2D eigenvalue weighted by atomic mass is 29.2. The van der Waals surface area contributed by atoms with E-state index in [1.807, 2.05) is 0 Å². The zero-order valence-corrected chi connectivity index (χ0v) is 13.2. The second-order valence-corrected chi connectivity index (χ2v) is 9.58. The minimum absolute atomic E-state index is 0.724. The Labute approximate surface area is 124 Å². The zero-order chi connectivity index (χ0) is 13.6. The van der Waals surface area contributed by atoms with E-state index in [-0.39, 0.29) is 0 Å². The minimum atomic E-state index is -0.724. The molecule has 2 heteroatoms. The number of hydrogen-bond acceptors (Lipinski definition) is 0. The van der Waals surface area contributed by atoms with Gasteiger partial charge in [0.25, 0.3) is 0 Å². The lowest BCUT2D eigenvalue weighted by molar-refractivity contribution is 1.74. The quantitative estimate of drug-likeness (QED) is 0.642. The molecular formula is C18H15Si2. The molecule has 0 bridgehead atoms. The molecule has 0 aromatic heterocycles. The fourth-order valence-electron chi connectivity index (χ4n) is 2.19. The molecule has 0 heterocycles. The standard InChI is InChI=1S/C18H15Si2/c1-4-10-16(11-5-1)19-20(17-12-6-2-7-13-17)18-14-8-3-9-15-18/h1-15H. The van der Waals surface area contributed by atoms with E-state index < -0.39 is 8.31 Å². The van der Waals surface area contributed by atoms with Gasteiger partial charge in [0.1, 0.15) is 8.31 Å². The van der Waals surface area contributed by atoms with E-state index in [1.165, 1.54) is 15.6 Å². The van der Waals surface area contributed by atoms with Crippen LogP contribution >= 0.6 is 0 Å². The third-order valence-electron chi connectivity index (χ3n) is 3.17. The SMILES string of the molecule is c1ccc([Si][Si](c2ccccc2)c2ccccc2)cc1. The molecular weight excluding hydrogens is 272 g/mol. The zero-order valence-electron chi connectivity index (χ0n) is 11.2. The van der Waals surface area contributed by atoms with Gasteiger partial charge in [0.15, 0.2) is 0 Å². The summed E-state index contributed by atoms with van der Waals surface area (Å²) < 4.78 is 0. The van der Waals surface area contributed by atoms with Gasteiger partial charge in [-0.1, -0.05) is 107 Å². The van der Waals surface area contributed by atoms with Crippen LogP contribution in [-0.2, 0) is 0 Å². The molecule has 20 heavy (non-hydrogen) atoms. The van der Waals surface area contributed by atoms with Crippen molar-refractivity contribution in [3.05, 3.63) is 91.0 Å². The Morgan fingerprint density at radius 1 is 0.500 bits per heavy atom. The lowest BCUT2D eigenvalue weighted by atomic mass is 10.4. The molecule has 0 atom stereocenters. The van der Waals surface area contributed by atoms with Crippen LogP contribution in [0.2, 0.25) is 0 Å². The molecule has 0 aliphatic carbocycles. The van der Waals surface area contributed by atoms with Crippen molar-refractivity contribution in [2.75, 3.05) is 0 Å². The van der Waals surface area contributed by atoms with Crippen LogP contribution in [0.5, 0.6) is 0 Å². The summed E-state index contributed by atoms with van der Waals surface area (Å²) in [6.45, 7) is 0. The first kappa shape index (κ1) is 13.1. The van der Waals surface area contributed by atoms with E-state index in [2.05, 4.69) is 91.0 Å². The van der Waals surface area contributed by atoms with Gasteiger partial charge in [0.2, 0.25) is 0 Å². The summed E-state index contributed by atoms with van der Waals surface area (Å²) in [6.07, 6.45) is 0. The molecule has 0 fully saturated rings. The summed E-state index contributed by atoms with van der Waals surface area (Å²) in [5.74, 6) is 0. The lowest BCUT2D eigenvalue weighted by Crippen LogP contribution is -2.51. The van der Waals surface area contributed by atoms with Gasteiger partial charge in [-0.2, -0.15) is 0 Å². The first-order valence-electron chi connectivity index (χ1n) is 6.73. The predicted octanol–water partition coefficient (Wildman–Crippen LogP) is 1.82. The highest BCUT2D eigenvalue weighted by molar-refractivity contribution is 7.29. The molecule has 0 amide bonds. The van der Waals surface area contributed by atoms with E-state index >= 15 is 0 Å². The molecule has 0 spiro atoms. The maximum atomic E-state index is 2.28. The van der Waals surface area contributed by atoms with Crippen molar-refractivity contribution in [3.8, 4) is 0 Å². The van der Waals surface area contributed by atoms with Crippen LogP contribution in [0.15, 0.2) is 91.0 Å². The number of benzene rings is 3. The Balaban J connectivity index is 1.96. The average molecular weight is 287 g/mol. The van der Waals surface area contributed by atoms with Gasteiger partial charge in [-0.15, -0.1) is 0 Å². The number of hydrogen-bond donors (Lipinski definition) is 0. The molecule has 0 saturated carbocycles. The topological polar surface area (TPSA) is 0 Å². The highest BCUT2D eigenvalue weighted by Crippen LogP contribution is 1.93. The molecule has 0 aliphatic heterocycles. The fraction of sp³-hybridized carbons (Fsp3) is 0. The van der Waals surface area contributed by atoms with Crippen LogP contribution in [0.1, 0.15) is 0 Å². The summed E-state index contributed by atoms with van der Waals surface area (Å²) in [5.41, 5.74) is 0. The van der Waals surface area contributed by atoms with Gasteiger partial charge in [-0.05, 0) is 0 Å². The van der Waals surface area contributed by atoms with Gasteiger partial charge in [-0.3, -0.25) is 0 Å². The summed E-state index contributed by atoms with van der Waals surface area (Å²) >= 11 is 0. The first-order chi connectivity index (χ1) is 9.93. The summed E-state index contributed by atoms with van der Waals surface area (Å²) in [4.78, 5) is 0. The van der Waals surface area contributed by atoms with E-state index in [9.17, 15) is 0 Å². The normalized spacial score (nSPS) is 10.7. The molecule has 3 aromatic carbocycles. The Morgan fingerprint density at radius 2 is 0.900 bits per heavy atom. The summed E-state index contributed by atoms with van der Waals surface area (Å²) in [6, 6.07) is 32.8. The van der Waals surface area contributed by atoms with Crippen LogP contribution in [0, 0.1) is 0 Å². The van der Waals surface area contributed by atoms with E-state index in [1.54, 1.807) is 0 Å². The van der Waals surface area contributed by atoms with Gasteiger partial charge in [0.05, 0.1) is 9.04 Å². The van der Waals surface area contributed by atoms with E-state index in [4.69, 9.17) is 0 Å². The van der Waals surface area contributed by atoms with Gasteiger partial charge >= 0.3 is 0 Å². The third kappa shape index (κ3) is 3.15. The van der Waals surface area contributed by atoms with Crippen LogP contribution in [0.25, 0.3) is 0 Å². The molecule has 0 unspecified atom stereocenters. The highest BCUT2D eigenvalue weighted by Gasteiger charge is 2.17. The fourth-order valence-corrected chi connectivity index (χ4v) is 7.74. The molecule has 3 radical (unpaired) electrons. The summed E-state index contributed by atoms with van der Waals surface area (Å²) in [5, 5.41) is 4.44. The van der Waals surface area contributed by atoms with Crippen LogP contribution in [0.3, 0.4) is 0 Å². The molecule has 0 N–H and O–H groups in total. The Kier molecular flexibility index (Phi) is 4.26. The second-order valence-electron chi connectivity index (χ2n) is 4.60. The molecule has 0 saturated heterocycles. The largest absolute Gasteiger partial charge is 0.112 e. The van der Waals surface area contributed by atoms with Crippen LogP contribution in [-0.4, -0.2) is 17.4 Å². The van der Waals surface area contributed by atoms with Crippen LogP contribution < -0.4 is 15.6 Å². The van der Waals surface area contributed by atoms with Gasteiger partial charge < -0.3 is 0 Å². The molecule has 0 aliphatic rings. The smallest absolute Gasteiger partial charge is 0.0666 e. The van der Waals surface area contributed by atoms with E-state index in [0.717, 1.165) is 9.04 Å². The van der Waals surface area contributed by atoms with E-state index in [0.29, 0.717) is 0 Å². The van der Waals surface area contributed by atoms with Crippen molar-refractivity contribution in [1.82, 2.24) is 0 Å². The van der Waals surface area contributed by atoms with Gasteiger partial charge in [-0.25, -0.2) is 0 Å². The Hall–Kier alpha value is -1.91. The molecule has 95 valence electrons. The maximum Gasteiger partial charge on any atom is 0.112 e. The first-order valence-corrected chi connectivity index (χ1v) is 10.2. The monoisotopic (exact) mass is 287 g/mol. The van der Waals surface area contributed by atoms with Crippen molar-refractivity contribution in [3.63, 3.8) is 0 Å².